The average molecular weight is 351 g/mol. The Bertz CT molecular complexity index is 713. The van der Waals surface area contributed by atoms with Crippen molar-refractivity contribution in [3.8, 4) is 11.6 Å². The molecule has 6 nitrogen and oxygen atoms in total. The maximum absolute atomic E-state index is 12.3. The second-order valence-corrected chi connectivity index (χ2v) is 5.21. The minimum absolute atomic E-state index is 0.0467. The number of carbonyl (C=O) groups excluding carboxylic acids is 1. The Morgan fingerprint density at radius 1 is 1.28 bits per heavy atom. The van der Waals surface area contributed by atoms with Crippen LogP contribution in [0, 0.1) is 0 Å². The number of ether oxygens (including phenoxy) is 2. The second kappa shape index (κ2) is 8.81. The molecule has 0 radical (unpaired) electrons. The van der Waals surface area contributed by atoms with Crippen LogP contribution < -0.4 is 20.1 Å². The number of nitrogens with one attached hydrogen (secondary N) is 2. The summed E-state index contributed by atoms with van der Waals surface area (Å²) in [5.41, 5.74) is 1.49. The van der Waals surface area contributed by atoms with Crippen LogP contribution in [-0.4, -0.2) is 24.7 Å². The summed E-state index contributed by atoms with van der Waals surface area (Å²) in [6.07, 6.45) is 1.59. The van der Waals surface area contributed by atoms with Gasteiger partial charge in [0.2, 0.25) is 5.88 Å². The second-order valence-electron chi connectivity index (χ2n) is 5.21. The molecular formula is C17H19F2N3O3. The predicted octanol–water partition coefficient (Wildman–Crippen LogP) is 3.25. The lowest BCUT2D eigenvalue weighted by Crippen LogP contribution is -2.36. The first-order valence-corrected chi connectivity index (χ1v) is 7.56. The van der Waals surface area contributed by atoms with Gasteiger partial charge in [-0.2, -0.15) is 8.78 Å². The van der Waals surface area contributed by atoms with Crippen molar-refractivity contribution in [2.45, 2.75) is 26.1 Å². The van der Waals surface area contributed by atoms with Crippen LogP contribution in [0.1, 0.15) is 24.1 Å². The summed E-state index contributed by atoms with van der Waals surface area (Å²) in [7, 11) is 1.51. The van der Waals surface area contributed by atoms with Gasteiger partial charge in [0.25, 0.3) is 0 Å². The fraction of sp³-hybridized carbons (Fsp3) is 0.294. The molecule has 0 aliphatic heterocycles. The number of methoxy groups -OCH3 is 1. The summed E-state index contributed by atoms with van der Waals surface area (Å²) < 4.78 is 33.9. The van der Waals surface area contributed by atoms with Gasteiger partial charge in [0.15, 0.2) is 0 Å². The quantitative estimate of drug-likeness (QED) is 0.803. The highest BCUT2D eigenvalue weighted by Crippen LogP contribution is 2.20. The number of hydrogen-bond donors (Lipinski definition) is 2. The van der Waals surface area contributed by atoms with E-state index in [1.165, 1.54) is 19.2 Å². The number of aromatic nitrogens is 1. The van der Waals surface area contributed by atoms with Gasteiger partial charge >= 0.3 is 12.6 Å². The lowest BCUT2D eigenvalue weighted by Gasteiger charge is -2.16. The fourth-order valence-corrected chi connectivity index (χ4v) is 2.15. The molecule has 2 N–H and O–H groups in total. The Morgan fingerprint density at radius 2 is 2.08 bits per heavy atom. The molecule has 1 aromatic carbocycles. The SMILES string of the molecule is COc1cc(CNC(=O)NC(C)c2cccc(OC(F)F)c2)ccn1. The van der Waals surface area contributed by atoms with Crippen LogP contribution in [0.2, 0.25) is 0 Å². The molecule has 0 bridgehead atoms. The zero-order valence-electron chi connectivity index (χ0n) is 13.8. The minimum atomic E-state index is -2.89. The zero-order valence-corrected chi connectivity index (χ0v) is 13.8. The maximum atomic E-state index is 12.3. The van der Waals surface area contributed by atoms with Crippen molar-refractivity contribution in [3.63, 3.8) is 0 Å². The lowest BCUT2D eigenvalue weighted by molar-refractivity contribution is -0.0499. The van der Waals surface area contributed by atoms with Gasteiger partial charge in [-0.05, 0) is 36.2 Å². The molecule has 1 aromatic heterocycles. The molecule has 1 unspecified atom stereocenters. The molecular weight excluding hydrogens is 332 g/mol. The Kier molecular flexibility index (Phi) is 6.50. The van der Waals surface area contributed by atoms with Gasteiger partial charge in [-0.3, -0.25) is 0 Å². The molecule has 2 amide bonds. The van der Waals surface area contributed by atoms with Gasteiger partial charge in [0.05, 0.1) is 13.2 Å². The Balaban J connectivity index is 1.89. The van der Waals surface area contributed by atoms with Gasteiger partial charge in [-0.1, -0.05) is 12.1 Å². The van der Waals surface area contributed by atoms with Crippen LogP contribution in [-0.2, 0) is 6.54 Å². The molecule has 0 aliphatic carbocycles. The third-order valence-electron chi connectivity index (χ3n) is 3.39. The number of hydrogen-bond acceptors (Lipinski definition) is 4. The Hall–Kier alpha value is -2.90. The van der Waals surface area contributed by atoms with E-state index in [0.29, 0.717) is 18.0 Å². The van der Waals surface area contributed by atoms with Crippen molar-refractivity contribution < 1.29 is 23.0 Å². The van der Waals surface area contributed by atoms with Crippen LogP contribution in [0.5, 0.6) is 11.6 Å². The van der Waals surface area contributed by atoms with E-state index in [9.17, 15) is 13.6 Å². The monoisotopic (exact) mass is 351 g/mol. The van der Waals surface area contributed by atoms with E-state index < -0.39 is 6.61 Å². The van der Waals surface area contributed by atoms with Crippen LogP contribution in [0.25, 0.3) is 0 Å². The number of pyridine rings is 1. The molecule has 0 aliphatic rings. The molecule has 8 heteroatoms. The predicted molar refractivity (Wildman–Crippen MR) is 87.6 cm³/mol. The molecule has 25 heavy (non-hydrogen) atoms. The summed E-state index contributed by atoms with van der Waals surface area (Å²) in [6, 6.07) is 8.91. The number of carbonyl (C=O) groups is 1. The van der Waals surface area contributed by atoms with Crippen molar-refractivity contribution in [1.29, 1.82) is 0 Å². The Labute approximate surface area is 144 Å². The highest BCUT2D eigenvalue weighted by Gasteiger charge is 2.11. The van der Waals surface area contributed by atoms with E-state index in [-0.39, 0.29) is 17.8 Å². The van der Waals surface area contributed by atoms with E-state index in [0.717, 1.165) is 5.56 Å². The summed E-state index contributed by atoms with van der Waals surface area (Å²) in [5, 5.41) is 5.45. The lowest BCUT2D eigenvalue weighted by atomic mass is 10.1. The van der Waals surface area contributed by atoms with Gasteiger partial charge in [0, 0.05) is 18.8 Å². The summed E-state index contributed by atoms with van der Waals surface area (Å²) in [6.45, 7) is -0.846. The highest BCUT2D eigenvalue weighted by molar-refractivity contribution is 5.74. The van der Waals surface area contributed by atoms with Crippen molar-refractivity contribution in [1.82, 2.24) is 15.6 Å². The number of urea groups is 1. The summed E-state index contributed by atoms with van der Waals surface area (Å²) in [4.78, 5) is 16.0. The normalized spacial score (nSPS) is 11.7. The molecule has 1 atom stereocenters. The van der Waals surface area contributed by atoms with Gasteiger partial charge in [-0.15, -0.1) is 0 Å². The maximum Gasteiger partial charge on any atom is 0.387 e. The molecule has 134 valence electrons. The first-order valence-electron chi connectivity index (χ1n) is 7.56. The standard InChI is InChI=1S/C17H19F2N3O3/c1-11(13-4-3-5-14(9-13)25-16(18)19)22-17(23)21-10-12-6-7-20-15(8-12)24-2/h3-9,11,16H,10H2,1-2H3,(H2,21,22,23). The van der Waals surface area contributed by atoms with Crippen molar-refractivity contribution in [3.05, 3.63) is 53.7 Å². The number of alkyl halides is 2. The summed E-state index contributed by atoms with van der Waals surface area (Å²) >= 11 is 0. The number of benzene rings is 1. The van der Waals surface area contributed by atoms with E-state index >= 15 is 0 Å². The van der Waals surface area contributed by atoms with Crippen LogP contribution in [0.4, 0.5) is 13.6 Å². The largest absolute Gasteiger partial charge is 0.481 e. The number of halogens is 2. The van der Waals surface area contributed by atoms with E-state index in [2.05, 4.69) is 20.4 Å². The zero-order chi connectivity index (χ0) is 18.2. The van der Waals surface area contributed by atoms with Crippen molar-refractivity contribution in [2.24, 2.45) is 0 Å². The third-order valence-corrected chi connectivity index (χ3v) is 3.39. The number of amides is 2. The number of nitrogens with zero attached hydrogens (tertiary/aromatic N) is 1. The topological polar surface area (TPSA) is 72.5 Å². The first-order chi connectivity index (χ1) is 12.0. The van der Waals surface area contributed by atoms with Crippen LogP contribution in [0.15, 0.2) is 42.6 Å². The van der Waals surface area contributed by atoms with Gasteiger partial charge in [-0.25, -0.2) is 9.78 Å². The first kappa shape index (κ1) is 18.4. The van der Waals surface area contributed by atoms with Crippen LogP contribution in [0.3, 0.4) is 0 Å². The average Bonchev–Trinajstić information content (AvgIpc) is 2.60. The minimum Gasteiger partial charge on any atom is -0.481 e. The van der Waals surface area contributed by atoms with Crippen molar-refractivity contribution in [2.75, 3.05) is 7.11 Å². The molecule has 0 saturated carbocycles. The van der Waals surface area contributed by atoms with Gasteiger partial charge < -0.3 is 20.1 Å². The molecule has 0 fully saturated rings. The Morgan fingerprint density at radius 3 is 2.80 bits per heavy atom. The number of rotatable bonds is 7. The fourth-order valence-electron chi connectivity index (χ4n) is 2.15. The molecule has 2 rings (SSSR count). The van der Waals surface area contributed by atoms with E-state index in [1.807, 2.05) is 0 Å². The highest BCUT2D eigenvalue weighted by atomic mass is 19.3. The smallest absolute Gasteiger partial charge is 0.387 e. The van der Waals surface area contributed by atoms with Gasteiger partial charge in [0.1, 0.15) is 5.75 Å². The van der Waals surface area contributed by atoms with E-state index in [4.69, 9.17) is 4.74 Å². The molecule has 2 aromatic rings. The van der Waals surface area contributed by atoms with Crippen LogP contribution >= 0.6 is 0 Å². The van der Waals surface area contributed by atoms with E-state index in [1.54, 1.807) is 37.4 Å². The molecule has 0 spiro atoms. The summed E-state index contributed by atoms with van der Waals surface area (Å²) in [5.74, 6) is 0.509. The molecule has 0 saturated heterocycles. The van der Waals surface area contributed by atoms with Crippen molar-refractivity contribution >= 4 is 6.03 Å². The third kappa shape index (κ3) is 5.91. The molecule has 1 heterocycles.